The van der Waals surface area contributed by atoms with Gasteiger partial charge in [0.1, 0.15) is 10.7 Å². The maximum absolute atomic E-state index is 13.7. The van der Waals surface area contributed by atoms with Crippen LogP contribution in [0.25, 0.3) is 0 Å². The zero-order valence-corrected chi connectivity index (χ0v) is 11.6. The molecule has 7 heteroatoms. The van der Waals surface area contributed by atoms with E-state index in [1.165, 1.54) is 6.07 Å². The van der Waals surface area contributed by atoms with E-state index in [9.17, 15) is 17.9 Å². The molecule has 1 heterocycles. The standard InChI is InChI=1S/C12H13ClFNO3S/c13-9-3-4-11(10(14)5-9)19(17,18)15-6-12(16,7-15)8-1-2-8/h3-5,8,16H,1-2,6-7H2. The summed E-state index contributed by atoms with van der Waals surface area (Å²) in [7, 11) is -3.89. The summed E-state index contributed by atoms with van der Waals surface area (Å²) in [5, 5.41) is 10.3. The minimum absolute atomic E-state index is 0.0437. The van der Waals surface area contributed by atoms with Crippen molar-refractivity contribution in [3.05, 3.63) is 29.0 Å². The van der Waals surface area contributed by atoms with Crippen molar-refractivity contribution < 1.29 is 17.9 Å². The molecule has 1 aromatic rings. The van der Waals surface area contributed by atoms with E-state index >= 15 is 0 Å². The molecule has 0 aromatic heterocycles. The van der Waals surface area contributed by atoms with Crippen LogP contribution in [-0.2, 0) is 10.0 Å². The number of benzene rings is 1. The number of nitrogens with zero attached hydrogens (tertiary/aromatic N) is 1. The van der Waals surface area contributed by atoms with Crippen molar-refractivity contribution in [2.75, 3.05) is 13.1 Å². The maximum Gasteiger partial charge on any atom is 0.246 e. The van der Waals surface area contributed by atoms with Crippen LogP contribution in [-0.4, -0.2) is 36.5 Å². The molecule has 1 saturated carbocycles. The number of hydrogen-bond donors (Lipinski definition) is 1. The van der Waals surface area contributed by atoms with Crippen LogP contribution in [0.1, 0.15) is 12.8 Å². The maximum atomic E-state index is 13.7. The molecule has 104 valence electrons. The zero-order chi connectivity index (χ0) is 13.8. The van der Waals surface area contributed by atoms with E-state index in [0.717, 1.165) is 29.3 Å². The molecule has 2 aliphatic rings. The van der Waals surface area contributed by atoms with Crippen LogP contribution in [0.2, 0.25) is 5.02 Å². The first kappa shape index (κ1) is 13.3. The molecule has 0 atom stereocenters. The highest BCUT2D eigenvalue weighted by Crippen LogP contribution is 2.46. The second kappa shape index (κ2) is 4.15. The van der Waals surface area contributed by atoms with Crippen LogP contribution in [0.5, 0.6) is 0 Å². The minimum Gasteiger partial charge on any atom is -0.387 e. The lowest BCUT2D eigenvalue weighted by molar-refractivity contribution is -0.0765. The first-order chi connectivity index (χ1) is 8.83. The predicted octanol–water partition coefficient (Wildman–Crippen LogP) is 1.62. The van der Waals surface area contributed by atoms with Gasteiger partial charge in [0.15, 0.2) is 0 Å². The quantitative estimate of drug-likeness (QED) is 0.923. The van der Waals surface area contributed by atoms with E-state index in [-0.39, 0.29) is 24.0 Å². The molecule has 1 aliphatic heterocycles. The summed E-state index contributed by atoms with van der Waals surface area (Å²) in [6, 6.07) is 3.47. The lowest BCUT2D eigenvalue weighted by Crippen LogP contribution is -2.64. The summed E-state index contributed by atoms with van der Waals surface area (Å²) in [5.41, 5.74) is -0.921. The van der Waals surface area contributed by atoms with Gasteiger partial charge in [0.05, 0.1) is 5.60 Å². The molecular weight excluding hydrogens is 293 g/mol. The summed E-state index contributed by atoms with van der Waals surface area (Å²) in [5.74, 6) is -0.677. The van der Waals surface area contributed by atoms with Gasteiger partial charge in [0, 0.05) is 18.1 Å². The number of aliphatic hydroxyl groups is 1. The summed E-state index contributed by atoms with van der Waals surface area (Å²) in [6.45, 7) is 0.0874. The Morgan fingerprint density at radius 2 is 2.00 bits per heavy atom. The summed E-state index contributed by atoms with van der Waals surface area (Å²) in [4.78, 5) is -0.394. The van der Waals surface area contributed by atoms with Gasteiger partial charge in [0.2, 0.25) is 10.0 Å². The van der Waals surface area contributed by atoms with Crippen molar-refractivity contribution >= 4 is 21.6 Å². The summed E-state index contributed by atoms with van der Waals surface area (Å²) >= 11 is 5.60. The van der Waals surface area contributed by atoms with Crippen LogP contribution in [0.4, 0.5) is 4.39 Å². The van der Waals surface area contributed by atoms with Gasteiger partial charge in [-0.15, -0.1) is 0 Å². The zero-order valence-electron chi connectivity index (χ0n) is 10.0. The molecule has 3 rings (SSSR count). The molecule has 0 amide bonds. The van der Waals surface area contributed by atoms with Crippen LogP contribution in [0, 0.1) is 11.7 Å². The highest BCUT2D eigenvalue weighted by molar-refractivity contribution is 7.89. The molecule has 1 aliphatic carbocycles. The van der Waals surface area contributed by atoms with E-state index in [1.54, 1.807) is 0 Å². The third-order valence-corrected chi connectivity index (χ3v) is 5.81. The predicted molar refractivity (Wildman–Crippen MR) is 67.8 cm³/mol. The Hall–Kier alpha value is -0.690. The first-order valence-corrected chi connectivity index (χ1v) is 7.82. The van der Waals surface area contributed by atoms with Crippen molar-refractivity contribution in [1.29, 1.82) is 0 Å². The summed E-state index contributed by atoms with van der Waals surface area (Å²) in [6.07, 6.45) is 1.86. The van der Waals surface area contributed by atoms with Gasteiger partial charge < -0.3 is 5.11 Å². The molecule has 1 saturated heterocycles. The van der Waals surface area contributed by atoms with Crippen LogP contribution in [0.3, 0.4) is 0 Å². The summed E-state index contributed by atoms with van der Waals surface area (Å²) < 4.78 is 39.2. The molecule has 1 aromatic carbocycles. The Kier molecular flexibility index (Phi) is 2.91. The van der Waals surface area contributed by atoms with Gasteiger partial charge in [-0.05, 0) is 37.0 Å². The number of β-amino-alcohol motifs (C(OH)–C–C–N with tert-alkyl or cyclic N) is 1. The fourth-order valence-corrected chi connectivity index (χ4v) is 4.21. The fourth-order valence-electron chi connectivity index (χ4n) is 2.44. The second-order valence-electron chi connectivity index (χ2n) is 5.23. The largest absolute Gasteiger partial charge is 0.387 e. The lowest BCUT2D eigenvalue weighted by atomic mass is 9.91. The second-order valence-corrected chi connectivity index (χ2v) is 7.57. The average molecular weight is 306 g/mol. The Morgan fingerprint density at radius 3 is 2.53 bits per heavy atom. The molecule has 0 unspecified atom stereocenters. The normalized spacial score (nSPS) is 23.1. The first-order valence-electron chi connectivity index (χ1n) is 6.00. The highest BCUT2D eigenvalue weighted by Gasteiger charge is 2.55. The van der Waals surface area contributed by atoms with Crippen molar-refractivity contribution in [2.24, 2.45) is 5.92 Å². The van der Waals surface area contributed by atoms with Crippen LogP contribution < -0.4 is 0 Å². The van der Waals surface area contributed by atoms with E-state index in [4.69, 9.17) is 11.6 Å². The molecule has 0 spiro atoms. The van der Waals surface area contributed by atoms with E-state index in [1.807, 2.05) is 0 Å². The van der Waals surface area contributed by atoms with E-state index < -0.39 is 26.3 Å². The molecule has 2 fully saturated rings. The molecule has 0 radical (unpaired) electrons. The third kappa shape index (κ3) is 2.16. The topological polar surface area (TPSA) is 57.6 Å². The van der Waals surface area contributed by atoms with E-state index in [0.29, 0.717) is 0 Å². The van der Waals surface area contributed by atoms with Gasteiger partial charge in [-0.3, -0.25) is 0 Å². The Morgan fingerprint density at radius 1 is 1.37 bits per heavy atom. The number of hydrogen-bond acceptors (Lipinski definition) is 3. The number of sulfonamides is 1. The van der Waals surface area contributed by atoms with Crippen molar-refractivity contribution in [1.82, 2.24) is 4.31 Å². The van der Waals surface area contributed by atoms with Gasteiger partial charge in [-0.25, -0.2) is 12.8 Å². The van der Waals surface area contributed by atoms with Gasteiger partial charge in [-0.1, -0.05) is 11.6 Å². The molecule has 0 bridgehead atoms. The Bertz CT molecular complexity index is 624. The fraction of sp³-hybridized carbons (Fsp3) is 0.500. The van der Waals surface area contributed by atoms with Gasteiger partial charge in [0.25, 0.3) is 0 Å². The van der Waals surface area contributed by atoms with Crippen molar-refractivity contribution in [2.45, 2.75) is 23.3 Å². The SMILES string of the molecule is O=S(=O)(c1ccc(Cl)cc1F)N1CC(O)(C2CC2)C1. The third-order valence-electron chi connectivity index (χ3n) is 3.75. The molecule has 4 nitrogen and oxygen atoms in total. The molecular formula is C12H13ClFNO3S. The van der Waals surface area contributed by atoms with Gasteiger partial charge >= 0.3 is 0 Å². The monoisotopic (exact) mass is 305 g/mol. The molecule has 19 heavy (non-hydrogen) atoms. The highest BCUT2D eigenvalue weighted by atomic mass is 35.5. The van der Waals surface area contributed by atoms with Crippen LogP contribution >= 0.6 is 11.6 Å². The minimum atomic E-state index is -3.89. The Labute approximate surface area is 115 Å². The van der Waals surface area contributed by atoms with Crippen molar-refractivity contribution in [3.63, 3.8) is 0 Å². The lowest BCUT2D eigenvalue weighted by Gasteiger charge is -2.45. The Balaban J connectivity index is 1.84. The molecule has 1 N–H and O–H groups in total. The van der Waals surface area contributed by atoms with Gasteiger partial charge in [-0.2, -0.15) is 4.31 Å². The number of rotatable bonds is 3. The van der Waals surface area contributed by atoms with Crippen LogP contribution in [0.15, 0.2) is 23.1 Å². The van der Waals surface area contributed by atoms with E-state index in [2.05, 4.69) is 0 Å². The van der Waals surface area contributed by atoms with Crippen molar-refractivity contribution in [3.8, 4) is 0 Å². The number of halogens is 2. The average Bonchev–Trinajstić information content (AvgIpc) is 3.07. The smallest absolute Gasteiger partial charge is 0.246 e.